The number of hydrogen-bond acceptors (Lipinski definition) is 5. The molecule has 108 valence electrons. The van der Waals surface area contributed by atoms with Gasteiger partial charge in [-0.15, -0.1) is 11.3 Å². The molecule has 0 spiro atoms. The topological polar surface area (TPSA) is 65.0 Å². The number of aliphatic hydroxyl groups is 1. The monoisotopic (exact) mass is 292 g/mol. The van der Waals surface area contributed by atoms with Gasteiger partial charge in [-0.3, -0.25) is 10.00 Å². The maximum absolute atomic E-state index is 10.2. The zero-order valence-electron chi connectivity index (χ0n) is 11.8. The number of H-pyrrole nitrogens is 1. The Hall–Kier alpha value is -1.24. The zero-order valence-corrected chi connectivity index (χ0v) is 12.7. The van der Waals surface area contributed by atoms with E-state index in [9.17, 15) is 5.11 Å². The number of aryl methyl sites for hydroxylation is 2. The van der Waals surface area contributed by atoms with Crippen LogP contribution in [0.5, 0.6) is 0 Å². The van der Waals surface area contributed by atoms with E-state index in [1.54, 1.807) is 11.3 Å². The van der Waals surface area contributed by atoms with E-state index >= 15 is 0 Å². The second kappa shape index (κ2) is 5.63. The summed E-state index contributed by atoms with van der Waals surface area (Å²) < 4.78 is 0. The number of aromatic nitrogens is 3. The Morgan fingerprint density at radius 1 is 1.45 bits per heavy atom. The molecule has 0 unspecified atom stereocenters. The van der Waals surface area contributed by atoms with Crippen molar-refractivity contribution in [2.75, 3.05) is 13.1 Å². The first-order chi connectivity index (χ1) is 9.60. The van der Waals surface area contributed by atoms with Gasteiger partial charge < -0.3 is 5.11 Å². The molecule has 2 atom stereocenters. The summed E-state index contributed by atoms with van der Waals surface area (Å²) in [7, 11) is 0. The van der Waals surface area contributed by atoms with Crippen LogP contribution in [-0.4, -0.2) is 44.4 Å². The van der Waals surface area contributed by atoms with Crippen molar-refractivity contribution < 1.29 is 5.11 Å². The lowest BCUT2D eigenvalue weighted by atomic mass is 10.0. The van der Waals surface area contributed by atoms with E-state index in [1.807, 2.05) is 13.8 Å². The number of rotatable bonds is 4. The van der Waals surface area contributed by atoms with Crippen LogP contribution in [0.3, 0.4) is 0 Å². The third kappa shape index (κ3) is 3.08. The third-order valence-electron chi connectivity index (χ3n) is 3.74. The largest absolute Gasteiger partial charge is 0.391 e. The molecule has 5 nitrogen and oxygen atoms in total. The molecular formula is C14H20N4OS. The highest BCUT2D eigenvalue weighted by Gasteiger charge is 2.32. The minimum atomic E-state index is -0.270. The summed E-state index contributed by atoms with van der Waals surface area (Å²) >= 11 is 1.69. The molecule has 0 aliphatic carbocycles. The minimum Gasteiger partial charge on any atom is -0.391 e. The van der Waals surface area contributed by atoms with E-state index in [0.717, 1.165) is 48.1 Å². The fraction of sp³-hybridized carbons (Fsp3) is 0.571. The van der Waals surface area contributed by atoms with E-state index in [0.29, 0.717) is 0 Å². The molecule has 1 fully saturated rings. The number of hydrogen-bond donors (Lipinski definition) is 2. The summed E-state index contributed by atoms with van der Waals surface area (Å²) in [5, 5.41) is 20.6. The third-order valence-corrected chi connectivity index (χ3v) is 4.69. The smallest absolute Gasteiger partial charge is 0.107 e. The van der Waals surface area contributed by atoms with E-state index in [-0.39, 0.29) is 12.0 Å². The highest BCUT2D eigenvalue weighted by molar-refractivity contribution is 7.09. The van der Waals surface area contributed by atoms with Gasteiger partial charge in [0.05, 0.1) is 18.3 Å². The summed E-state index contributed by atoms with van der Waals surface area (Å²) in [6, 6.07) is 2.06. The van der Waals surface area contributed by atoms with E-state index in [2.05, 4.69) is 31.5 Å². The van der Waals surface area contributed by atoms with Gasteiger partial charge in [-0.1, -0.05) is 0 Å². The number of aromatic amines is 1. The Morgan fingerprint density at radius 3 is 2.95 bits per heavy atom. The van der Waals surface area contributed by atoms with Crippen LogP contribution in [0.2, 0.25) is 0 Å². The van der Waals surface area contributed by atoms with Crippen molar-refractivity contribution in [2.24, 2.45) is 5.92 Å². The molecule has 0 radical (unpaired) electrons. The molecule has 0 amide bonds. The van der Waals surface area contributed by atoms with E-state index in [1.165, 1.54) is 0 Å². The fourth-order valence-electron chi connectivity index (χ4n) is 2.79. The average molecular weight is 292 g/mol. The molecule has 2 N–H and O–H groups in total. The molecule has 6 heteroatoms. The summed E-state index contributed by atoms with van der Waals surface area (Å²) in [4.78, 5) is 6.77. The van der Waals surface area contributed by atoms with Crippen LogP contribution >= 0.6 is 11.3 Å². The summed E-state index contributed by atoms with van der Waals surface area (Å²) in [5.74, 6) is 0.263. The highest BCUT2D eigenvalue weighted by atomic mass is 32.1. The molecule has 0 bridgehead atoms. The van der Waals surface area contributed by atoms with Gasteiger partial charge >= 0.3 is 0 Å². The maximum Gasteiger partial charge on any atom is 0.107 e. The van der Waals surface area contributed by atoms with Crippen LogP contribution in [0.15, 0.2) is 11.4 Å². The standard InChI is InChI=1S/C14H20N4OS/c1-9-3-12(17-16-9)4-11-5-18(6-13(11)19)7-14-15-10(2)8-20-14/h3,8,11,13,19H,4-7H2,1-2H3,(H,16,17)/t11-,13-/m1/s1. The lowest BCUT2D eigenvalue weighted by Crippen LogP contribution is -2.21. The molecule has 0 aromatic carbocycles. The van der Waals surface area contributed by atoms with Crippen LogP contribution in [-0.2, 0) is 13.0 Å². The summed E-state index contributed by atoms with van der Waals surface area (Å²) in [6.45, 7) is 6.49. The van der Waals surface area contributed by atoms with Crippen LogP contribution in [0.4, 0.5) is 0 Å². The van der Waals surface area contributed by atoms with Crippen molar-refractivity contribution in [2.45, 2.75) is 32.9 Å². The molecule has 3 heterocycles. The van der Waals surface area contributed by atoms with Gasteiger partial charge in [-0.2, -0.15) is 5.10 Å². The molecule has 20 heavy (non-hydrogen) atoms. The van der Waals surface area contributed by atoms with Gasteiger partial charge in [0.1, 0.15) is 5.01 Å². The predicted octanol–water partition coefficient (Wildman–Crippen LogP) is 1.52. The number of β-amino-alcohol motifs (C(OH)–C–C–N with tert-alkyl or cyclic N) is 1. The predicted molar refractivity (Wildman–Crippen MR) is 78.7 cm³/mol. The average Bonchev–Trinajstić information content (AvgIpc) is 3.05. The second-order valence-corrected chi connectivity index (χ2v) is 6.59. The van der Waals surface area contributed by atoms with Gasteiger partial charge in [0.15, 0.2) is 0 Å². The minimum absolute atomic E-state index is 0.263. The van der Waals surface area contributed by atoms with E-state index in [4.69, 9.17) is 0 Å². The lowest BCUT2D eigenvalue weighted by Gasteiger charge is -2.13. The van der Waals surface area contributed by atoms with Crippen LogP contribution in [0, 0.1) is 19.8 Å². The Labute approximate surface area is 122 Å². The Balaban J connectivity index is 1.59. The number of likely N-dealkylation sites (tertiary alicyclic amines) is 1. The molecular weight excluding hydrogens is 272 g/mol. The van der Waals surface area contributed by atoms with Crippen LogP contribution in [0.25, 0.3) is 0 Å². The van der Waals surface area contributed by atoms with Crippen LogP contribution < -0.4 is 0 Å². The molecule has 1 aliphatic heterocycles. The van der Waals surface area contributed by atoms with Crippen molar-refractivity contribution in [3.63, 3.8) is 0 Å². The zero-order chi connectivity index (χ0) is 14.1. The summed E-state index contributed by atoms with van der Waals surface area (Å²) in [6.07, 6.45) is 0.562. The number of thiazole rings is 1. The SMILES string of the molecule is Cc1csc(CN2C[C@@H](Cc3cc(C)[nH]n3)[C@H](O)C2)n1. The first kappa shape index (κ1) is 13.7. The number of aliphatic hydroxyl groups excluding tert-OH is 1. The first-order valence-electron chi connectivity index (χ1n) is 6.92. The Kier molecular flexibility index (Phi) is 3.87. The van der Waals surface area contributed by atoms with Gasteiger partial charge in [-0.05, 0) is 26.3 Å². The van der Waals surface area contributed by atoms with E-state index < -0.39 is 0 Å². The Morgan fingerprint density at radius 2 is 2.30 bits per heavy atom. The maximum atomic E-state index is 10.2. The van der Waals surface area contributed by atoms with Gasteiger partial charge in [0.2, 0.25) is 0 Å². The first-order valence-corrected chi connectivity index (χ1v) is 7.80. The highest BCUT2D eigenvalue weighted by Crippen LogP contribution is 2.23. The Bertz CT molecular complexity index is 579. The van der Waals surface area contributed by atoms with Crippen molar-refractivity contribution in [1.82, 2.24) is 20.1 Å². The van der Waals surface area contributed by atoms with Crippen molar-refractivity contribution >= 4 is 11.3 Å². The molecule has 2 aromatic heterocycles. The number of nitrogens with zero attached hydrogens (tertiary/aromatic N) is 3. The van der Waals surface area contributed by atoms with Crippen molar-refractivity contribution in [3.05, 3.63) is 33.5 Å². The van der Waals surface area contributed by atoms with Crippen LogP contribution in [0.1, 0.15) is 22.1 Å². The van der Waals surface area contributed by atoms with Gasteiger partial charge in [0, 0.05) is 35.8 Å². The molecule has 2 aromatic rings. The van der Waals surface area contributed by atoms with Crippen molar-refractivity contribution in [1.29, 1.82) is 0 Å². The molecule has 1 aliphatic rings. The normalized spacial score (nSPS) is 23.6. The fourth-order valence-corrected chi connectivity index (χ4v) is 3.60. The number of nitrogens with one attached hydrogen (secondary N) is 1. The lowest BCUT2D eigenvalue weighted by molar-refractivity contribution is 0.140. The quantitative estimate of drug-likeness (QED) is 0.897. The second-order valence-electron chi connectivity index (χ2n) is 5.65. The molecule has 1 saturated heterocycles. The summed E-state index contributed by atoms with van der Waals surface area (Å²) in [5.41, 5.74) is 3.19. The van der Waals surface area contributed by atoms with Gasteiger partial charge in [-0.25, -0.2) is 4.98 Å². The van der Waals surface area contributed by atoms with Crippen molar-refractivity contribution in [3.8, 4) is 0 Å². The van der Waals surface area contributed by atoms with Gasteiger partial charge in [0.25, 0.3) is 0 Å². The molecule has 0 saturated carbocycles. The molecule has 3 rings (SSSR count).